The van der Waals surface area contributed by atoms with Gasteiger partial charge in [-0.2, -0.15) is 0 Å². The lowest BCUT2D eigenvalue weighted by Gasteiger charge is -2.08. The van der Waals surface area contributed by atoms with Gasteiger partial charge < -0.3 is 14.8 Å². The van der Waals surface area contributed by atoms with Crippen LogP contribution in [0, 0.1) is 12.7 Å². The molecule has 6 heteroatoms. The molecule has 2 aromatic rings. The van der Waals surface area contributed by atoms with E-state index in [4.69, 9.17) is 9.47 Å². The molecule has 0 aliphatic carbocycles. The summed E-state index contributed by atoms with van der Waals surface area (Å²) in [5.74, 6) is -0.840. The number of anilines is 1. The number of carbonyl (C=O) groups is 2. The molecular formula is C18H18FNO4. The van der Waals surface area contributed by atoms with Crippen molar-refractivity contribution in [2.75, 3.05) is 19.0 Å². The molecule has 0 aliphatic rings. The summed E-state index contributed by atoms with van der Waals surface area (Å²) in [5.41, 5.74) is 1.52. The number of nitrogens with one attached hydrogen (secondary N) is 1. The van der Waals surface area contributed by atoms with Crippen LogP contribution in [0.1, 0.15) is 11.1 Å². The topological polar surface area (TPSA) is 64.6 Å². The summed E-state index contributed by atoms with van der Waals surface area (Å²) in [4.78, 5) is 23.5. The highest BCUT2D eigenvalue weighted by atomic mass is 19.1. The summed E-state index contributed by atoms with van der Waals surface area (Å²) in [5, 5.41) is 2.47. The first-order valence-electron chi connectivity index (χ1n) is 7.32. The normalized spacial score (nSPS) is 10.1. The van der Waals surface area contributed by atoms with Crippen molar-refractivity contribution < 1.29 is 23.5 Å². The minimum atomic E-state index is -0.534. The molecule has 0 aromatic heterocycles. The molecule has 0 radical (unpaired) electrons. The van der Waals surface area contributed by atoms with Gasteiger partial charge in [-0.05, 0) is 42.3 Å². The molecular weight excluding hydrogens is 313 g/mol. The fourth-order valence-corrected chi connectivity index (χ4v) is 2.01. The minimum absolute atomic E-state index is 0.0314. The van der Waals surface area contributed by atoms with Crippen molar-refractivity contribution >= 4 is 17.6 Å². The Labute approximate surface area is 139 Å². The number of benzene rings is 2. The maximum absolute atomic E-state index is 13.4. The van der Waals surface area contributed by atoms with Crippen LogP contribution in [0.4, 0.5) is 10.1 Å². The first kappa shape index (κ1) is 17.5. The number of methoxy groups -OCH3 is 1. The van der Waals surface area contributed by atoms with E-state index in [0.29, 0.717) is 17.0 Å². The minimum Gasteiger partial charge on any atom is -0.497 e. The van der Waals surface area contributed by atoms with E-state index in [1.165, 1.54) is 13.2 Å². The number of amides is 1. The number of halogens is 1. The molecule has 0 aliphatic heterocycles. The Morgan fingerprint density at radius 1 is 1.17 bits per heavy atom. The Kier molecular flexibility index (Phi) is 5.89. The van der Waals surface area contributed by atoms with Crippen molar-refractivity contribution in [1.29, 1.82) is 0 Å². The van der Waals surface area contributed by atoms with Gasteiger partial charge in [0.2, 0.25) is 0 Å². The van der Waals surface area contributed by atoms with Crippen LogP contribution >= 0.6 is 0 Å². The number of carbonyl (C=O) groups excluding carboxylic acids is 2. The summed E-state index contributed by atoms with van der Waals surface area (Å²) in [6.07, 6.45) is 0.0314. The number of hydrogen-bond acceptors (Lipinski definition) is 4. The fourth-order valence-electron chi connectivity index (χ4n) is 2.01. The predicted molar refractivity (Wildman–Crippen MR) is 87.4 cm³/mol. The van der Waals surface area contributed by atoms with Gasteiger partial charge in [-0.15, -0.1) is 0 Å². The number of hydrogen-bond donors (Lipinski definition) is 1. The molecule has 0 atom stereocenters. The zero-order valence-corrected chi connectivity index (χ0v) is 13.5. The van der Waals surface area contributed by atoms with Gasteiger partial charge in [-0.25, -0.2) is 4.39 Å². The number of ether oxygens (including phenoxy) is 2. The standard InChI is InChI=1S/C18H18FNO4/c1-12-6-7-14(10-16(12)19)20-17(21)11-24-18(22)9-13-4-3-5-15(8-13)23-2/h3-8,10H,9,11H2,1-2H3,(H,20,21). The third-order valence-corrected chi connectivity index (χ3v) is 3.30. The van der Waals surface area contributed by atoms with Gasteiger partial charge >= 0.3 is 5.97 Å². The molecule has 24 heavy (non-hydrogen) atoms. The summed E-state index contributed by atoms with van der Waals surface area (Å²) in [6.45, 7) is 1.19. The first-order chi connectivity index (χ1) is 11.5. The molecule has 5 nitrogen and oxygen atoms in total. The lowest BCUT2D eigenvalue weighted by molar-refractivity contribution is -0.146. The molecule has 0 unspecified atom stereocenters. The maximum atomic E-state index is 13.4. The summed E-state index contributed by atoms with van der Waals surface area (Å²) in [7, 11) is 1.54. The Morgan fingerprint density at radius 3 is 2.67 bits per heavy atom. The Bertz CT molecular complexity index is 746. The van der Waals surface area contributed by atoms with Crippen molar-refractivity contribution in [3.05, 3.63) is 59.4 Å². The largest absolute Gasteiger partial charge is 0.497 e. The first-order valence-corrected chi connectivity index (χ1v) is 7.32. The monoisotopic (exact) mass is 331 g/mol. The Hall–Kier alpha value is -2.89. The predicted octanol–water partition coefficient (Wildman–Crippen LogP) is 2.87. The second kappa shape index (κ2) is 8.10. The maximum Gasteiger partial charge on any atom is 0.310 e. The van der Waals surface area contributed by atoms with Gasteiger partial charge in [-0.3, -0.25) is 9.59 Å². The average Bonchev–Trinajstić information content (AvgIpc) is 2.56. The summed E-state index contributed by atoms with van der Waals surface area (Å²) >= 11 is 0. The molecule has 1 amide bonds. The number of aryl methyl sites for hydroxylation is 1. The molecule has 0 saturated carbocycles. The third kappa shape index (κ3) is 5.08. The van der Waals surface area contributed by atoms with Gasteiger partial charge in [0.15, 0.2) is 6.61 Å². The third-order valence-electron chi connectivity index (χ3n) is 3.30. The van der Waals surface area contributed by atoms with E-state index in [1.54, 1.807) is 43.3 Å². The van der Waals surface area contributed by atoms with Crippen LogP contribution in [0.2, 0.25) is 0 Å². The van der Waals surface area contributed by atoms with Gasteiger partial charge in [0.05, 0.1) is 13.5 Å². The Balaban J connectivity index is 1.82. The van der Waals surface area contributed by atoms with E-state index in [0.717, 1.165) is 5.56 Å². The van der Waals surface area contributed by atoms with Crippen molar-refractivity contribution in [3.8, 4) is 5.75 Å². The summed E-state index contributed by atoms with van der Waals surface area (Å²) < 4.78 is 23.4. The van der Waals surface area contributed by atoms with E-state index in [1.807, 2.05) is 0 Å². The van der Waals surface area contributed by atoms with Crippen LogP contribution in [0.3, 0.4) is 0 Å². The highest BCUT2D eigenvalue weighted by Gasteiger charge is 2.10. The Morgan fingerprint density at radius 2 is 1.96 bits per heavy atom. The zero-order valence-electron chi connectivity index (χ0n) is 13.5. The summed E-state index contributed by atoms with van der Waals surface area (Å²) in [6, 6.07) is 11.4. The second-order valence-corrected chi connectivity index (χ2v) is 5.20. The van der Waals surface area contributed by atoms with Crippen LogP contribution in [0.25, 0.3) is 0 Å². The fraction of sp³-hybridized carbons (Fsp3) is 0.222. The second-order valence-electron chi connectivity index (χ2n) is 5.20. The smallest absolute Gasteiger partial charge is 0.310 e. The molecule has 2 aromatic carbocycles. The molecule has 0 fully saturated rings. The van der Waals surface area contributed by atoms with Crippen LogP contribution in [0.15, 0.2) is 42.5 Å². The lowest BCUT2D eigenvalue weighted by atomic mass is 10.1. The van der Waals surface area contributed by atoms with Crippen molar-refractivity contribution in [2.24, 2.45) is 0 Å². The zero-order chi connectivity index (χ0) is 17.5. The van der Waals surface area contributed by atoms with Crippen molar-refractivity contribution in [3.63, 3.8) is 0 Å². The molecule has 0 heterocycles. The van der Waals surface area contributed by atoms with E-state index in [9.17, 15) is 14.0 Å². The van der Waals surface area contributed by atoms with Crippen molar-refractivity contribution in [2.45, 2.75) is 13.3 Å². The average molecular weight is 331 g/mol. The lowest BCUT2D eigenvalue weighted by Crippen LogP contribution is -2.21. The molecule has 1 N–H and O–H groups in total. The van der Waals surface area contributed by atoms with Gasteiger partial charge in [0, 0.05) is 5.69 Å². The highest BCUT2D eigenvalue weighted by molar-refractivity contribution is 5.92. The van der Waals surface area contributed by atoms with Crippen LogP contribution < -0.4 is 10.1 Å². The highest BCUT2D eigenvalue weighted by Crippen LogP contribution is 2.14. The molecule has 126 valence electrons. The number of rotatable bonds is 6. The van der Waals surface area contributed by atoms with Crippen LogP contribution in [-0.4, -0.2) is 25.6 Å². The van der Waals surface area contributed by atoms with E-state index >= 15 is 0 Å². The van der Waals surface area contributed by atoms with E-state index < -0.39 is 24.3 Å². The van der Waals surface area contributed by atoms with Crippen LogP contribution in [-0.2, 0) is 20.7 Å². The van der Waals surface area contributed by atoms with Crippen molar-refractivity contribution in [1.82, 2.24) is 0 Å². The van der Waals surface area contributed by atoms with Gasteiger partial charge in [-0.1, -0.05) is 18.2 Å². The number of esters is 1. The molecule has 0 saturated heterocycles. The SMILES string of the molecule is COc1cccc(CC(=O)OCC(=O)Nc2ccc(C)c(F)c2)c1. The quantitative estimate of drug-likeness (QED) is 0.827. The van der Waals surface area contributed by atoms with Gasteiger partial charge in [0.1, 0.15) is 11.6 Å². The molecule has 0 bridgehead atoms. The molecule has 0 spiro atoms. The van der Waals surface area contributed by atoms with E-state index in [2.05, 4.69) is 5.32 Å². The van der Waals surface area contributed by atoms with E-state index in [-0.39, 0.29) is 6.42 Å². The molecule has 2 rings (SSSR count). The van der Waals surface area contributed by atoms with Gasteiger partial charge in [0.25, 0.3) is 5.91 Å². The van der Waals surface area contributed by atoms with Crippen LogP contribution in [0.5, 0.6) is 5.75 Å².